The Bertz CT molecular complexity index is 719. The van der Waals surface area contributed by atoms with E-state index in [1.165, 1.54) is 7.11 Å². The van der Waals surface area contributed by atoms with Crippen LogP contribution in [0, 0.1) is 0 Å². The quantitative estimate of drug-likeness (QED) is 0.859. The molecular weight excluding hydrogens is 348 g/mol. The first-order chi connectivity index (χ1) is 9.42. The number of rotatable bonds is 4. The lowest BCUT2D eigenvalue weighted by Gasteiger charge is -2.10. The van der Waals surface area contributed by atoms with E-state index in [1.54, 1.807) is 18.2 Å². The highest BCUT2D eigenvalue weighted by Gasteiger charge is 2.17. The second kappa shape index (κ2) is 5.63. The highest BCUT2D eigenvalue weighted by atomic mass is 79.9. The Balaban J connectivity index is 2.35. The molecule has 0 radical (unpaired) electrons. The number of hydrogen-bond acceptors (Lipinski definition) is 6. The Labute approximate surface area is 124 Å². The Hall–Kier alpha value is -1.87. The molecule has 106 valence electrons. The number of sulfonamides is 1. The van der Waals surface area contributed by atoms with Gasteiger partial charge in [-0.3, -0.25) is 4.72 Å². The SMILES string of the molecule is COc1ccc(Br)c(NS(=O)(=O)c2cnc(N)nc2)c1. The van der Waals surface area contributed by atoms with E-state index in [1.807, 2.05) is 0 Å². The number of nitrogens with two attached hydrogens (primary N) is 1. The molecular formula is C11H11BrN4O3S. The minimum atomic E-state index is -3.79. The van der Waals surface area contributed by atoms with Crippen molar-refractivity contribution in [1.29, 1.82) is 0 Å². The number of anilines is 2. The summed E-state index contributed by atoms with van der Waals surface area (Å²) in [6, 6.07) is 4.93. The molecule has 0 bridgehead atoms. The Morgan fingerprint density at radius 2 is 1.95 bits per heavy atom. The minimum absolute atomic E-state index is 0.00603. The maximum atomic E-state index is 12.2. The largest absolute Gasteiger partial charge is 0.497 e. The molecule has 0 aliphatic carbocycles. The summed E-state index contributed by atoms with van der Waals surface area (Å²) >= 11 is 3.26. The van der Waals surface area contributed by atoms with Crippen molar-refractivity contribution in [2.45, 2.75) is 4.90 Å². The molecule has 3 N–H and O–H groups in total. The van der Waals surface area contributed by atoms with Crippen molar-refractivity contribution in [3.63, 3.8) is 0 Å². The predicted octanol–water partition coefficient (Wildman–Crippen LogP) is 1.63. The smallest absolute Gasteiger partial charge is 0.265 e. The topological polar surface area (TPSA) is 107 Å². The van der Waals surface area contributed by atoms with Crippen molar-refractivity contribution in [2.75, 3.05) is 17.6 Å². The molecule has 0 unspecified atom stereocenters. The van der Waals surface area contributed by atoms with E-state index in [4.69, 9.17) is 10.5 Å². The van der Waals surface area contributed by atoms with Gasteiger partial charge in [0.25, 0.3) is 10.0 Å². The molecule has 0 amide bonds. The zero-order valence-electron chi connectivity index (χ0n) is 10.4. The van der Waals surface area contributed by atoms with Crippen LogP contribution in [0.2, 0.25) is 0 Å². The third-order valence-electron chi connectivity index (χ3n) is 2.38. The Morgan fingerprint density at radius 3 is 2.55 bits per heavy atom. The minimum Gasteiger partial charge on any atom is -0.497 e. The number of nitrogens with one attached hydrogen (secondary N) is 1. The molecule has 0 saturated heterocycles. The van der Waals surface area contributed by atoms with Gasteiger partial charge in [0.05, 0.1) is 25.2 Å². The summed E-state index contributed by atoms with van der Waals surface area (Å²) in [6.07, 6.45) is 2.28. The number of halogens is 1. The van der Waals surface area contributed by atoms with Crippen molar-refractivity contribution in [1.82, 2.24) is 9.97 Å². The third-order valence-corrected chi connectivity index (χ3v) is 4.39. The van der Waals surface area contributed by atoms with Gasteiger partial charge in [0.15, 0.2) is 0 Å². The van der Waals surface area contributed by atoms with Crippen molar-refractivity contribution < 1.29 is 13.2 Å². The van der Waals surface area contributed by atoms with Gasteiger partial charge in [-0.25, -0.2) is 18.4 Å². The molecule has 0 fully saturated rings. The summed E-state index contributed by atoms with van der Waals surface area (Å²) in [4.78, 5) is 7.23. The van der Waals surface area contributed by atoms with E-state index in [-0.39, 0.29) is 10.8 Å². The predicted molar refractivity (Wildman–Crippen MR) is 77.9 cm³/mol. The molecule has 0 saturated carbocycles. The monoisotopic (exact) mass is 358 g/mol. The van der Waals surface area contributed by atoms with Gasteiger partial charge >= 0.3 is 0 Å². The lowest BCUT2D eigenvalue weighted by molar-refractivity contribution is 0.415. The van der Waals surface area contributed by atoms with E-state index >= 15 is 0 Å². The molecule has 0 aliphatic heterocycles. The van der Waals surface area contributed by atoms with Gasteiger partial charge in [0.1, 0.15) is 10.6 Å². The van der Waals surface area contributed by atoms with Crippen molar-refractivity contribution in [2.24, 2.45) is 0 Å². The average Bonchev–Trinajstić information content (AvgIpc) is 2.41. The van der Waals surface area contributed by atoms with Crippen LogP contribution in [0.3, 0.4) is 0 Å². The molecule has 0 atom stereocenters. The fourth-order valence-electron chi connectivity index (χ4n) is 1.38. The summed E-state index contributed by atoms with van der Waals surface area (Å²) < 4.78 is 32.4. The summed E-state index contributed by atoms with van der Waals surface area (Å²) in [7, 11) is -2.30. The highest BCUT2D eigenvalue weighted by molar-refractivity contribution is 9.10. The summed E-state index contributed by atoms with van der Waals surface area (Å²) in [5.41, 5.74) is 5.67. The number of ether oxygens (including phenoxy) is 1. The molecule has 1 aromatic heterocycles. The number of aromatic nitrogens is 2. The van der Waals surface area contributed by atoms with Gasteiger partial charge in [0, 0.05) is 10.5 Å². The van der Waals surface area contributed by atoms with Crippen molar-refractivity contribution in [3.8, 4) is 5.75 Å². The average molecular weight is 359 g/mol. The molecule has 1 heterocycles. The van der Waals surface area contributed by atoms with Crippen LogP contribution in [0.1, 0.15) is 0 Å². The first kappa shape index (κ1) is 14.5. The molecule has 20 heavy (non-hydrogen) atoms. The second-order valence-electron chi connectivity index (χ2n) is 3.73. The summed E-state index contributed by atoms with van der Waals surface area (Å²) in [6.45, 7) is 0. The molecule has 0 spiro atoms. The van der Waals surface area contributed by atoms with E-state index in [9.17, 15) is 8.42 Å². The van der Waals surface area contributed by atoms with E-state index < -0.39 is 10.0 Å². The lowest BCUT2D eigenvalue weighted by atomic mass is 10.3. The van der Waals surface area contributed by atoms with Crippen LogP contribution in [0.25, 0.3) is 0 Å². The Kier molecular flexibility index (Phi) is 4.09. The highest BCUT2D eigenvalue weighted by Crippen LogP contribution is 2.28. The molecule has 2 aromatic rings. The molecule has 9 heteroatoms. The third kappa shape index (κ3) is 3.17. The van der Waals surface area contributed by atoms with Crippen LogP contribution >= 0.6 is 15.9 Å². The van der Waals surface area contributed by atoms with Gasteiger partial charge in [-0.2, -0.15) is 0 Å². The molecule has 1 aromatic carbocycles. The van der Waals surface area contributed by atoms with Crippen LogP contribution in [-0.4, -0.2) is 25.5 Å². The van der Waals surface area contributed by atoms with Gasteiger partial charge in [-0.15, -0.1) is 0 Å². The van der Waals surface area contributed by atoms with E-state index in [0.29, 0.717) is 15.9 Å². The van der Waals surface area contributed by atoms with Gasteiger partial charge in [0.2, 0.25) is 5.95 Å². The maximum absolute atomic E-state index is 12.2. The fraction of sp³-hybridized carbons (Fsp3) is 0.0909. The van der Waals surface area contributed by atoms with Crippen molar-refractivity contribution >= 4 is 37.6 Å². The van der Waals surface area contributed by atoms with Gasteiger partial charge in [-0.05, 0) is 28.1 Å². The van der Waals surface area contributed by atoms with Crippen LogP contribution < -0.4 is 15.2 Å². The van der Waals surface area contributed by atoms with Crippen LogP contribution in [-0.2, 0) is 10.0 Å². The van der Waals surface area contributed by atoms with E-state index in [2.05, 4.69) is 30.6 Å². The zero-order valence-corrected chi connectivity index (χ0v) is 12.8. The van der Waals surface area contributed by atoms with Crippen LogP contribution in [0.15, 0.2) is 40.0 Å². The van der Waals surface area contributed by atoms with Crippen LogP contribution in [0.4, 0.5) is 11.6 Å². The number of nitrogen functional groups attached to an aromatic ring is 1. The Morgan fingerprint density at radius 1 is 1.30 bits per heavy atom. The maximum Gasteiger partial charge on any atom is 0.265 e. The molecule has 2 rings (SSSR count). The number of hydrogen-bond donors (Lipinski definition) is 2. The van der Waals surface area contributed by atoms with Gasteiger partial charge < -0.3 is 10.5 Å². The first-order valence-electron chi connectivity index (χ1n) is 5.36. The molecule has 0 aliphatic rings. The standard InChI is InChI=1S/C11H11BrN4O3S/c1-19-7-2-3-9(12)10(4-7)16-20(17,18)8-5-14-11(13)15-6-8/h2-6,16H,1H3,(H2,13,14,15). The number of nitrogens with zero attached hydrogens (tertiary/aromatic N) is 2. The second-order valence-corrected chi connectivity index (χ2v) is 6.26. The number of methoxy groups -OCH3 is 1. The van der Waals surface area contributed by atoms with E-state index in [0.717, 1.165) is 12.4 Å². The van der Waals surface area contributed by atoms with Gasteiger partial charge in [-0.1, -0.05) is 0 Å². The fourth-order valence-corrected chi connectivity index (χ4v) is 2.81. The summed E-state index contributed by atoms with van der Waals surface area (Å²) in [5, 5.41) is 0. The van der Waals surface area contributed by atoms with Crippen molar-refractivity contribution in [3.05, 3.63) is 35.1 Å². The number of benzene rings is 1. The normalized spacial score (nSPS) is 11.1. The lowest BCUT2D eigenvalue weighted by Crippen LogP contribution is -2.14. The zero-order chi connectivity index (χ0) is 14.8. The first-order valence-corrected chi connectivity index (χ1v) is 7.64. The summed E-state index contributed by atoms with van der Waals surface area (Å²) in [5.74, 6) is 0.533. The molecule has 7 nitrogen and oxygen atoms in total. The van der Waals surface area contributed by atoms with Crippen LogP contribution in [0.5, 0.6) is 5.75 Å².